The highest BCUT2D eigenvalue weighted by molar-refractivity contribution is 6.05. The van der Waals surface area contributed by atoms with E-state index in [1.165, 1.54) is 0 Å². The zero-order valence-corrected chi connectivity index (χ0v) is 12.2. The zero-order valence-electron chi connectivity index (χ0n) is 12.2. The normalized spacial score (nSPS) is 28.0. The molecule has 0 unspecified atom stereocenters. The van der Waals surface area contributed by atoms with Crippen molar-refractivity contribution in [1.29, 1.82) is 0 Å². The number of nitrogens with zero attached hydrogens (tertiary/aromatic N) is 1. The molecule has 1 saturated heterocycles. The predicted molar refractivity (Wildman–Crippen MR) is 79.1 cm³/mol. The van der Waals surface area contributed by atoms with Gasteiger partial charge in [-0.05, 0) is 25.3 Å². The first-order valence-corrected chi connectivity index (χ1v) is 7.38. The maximum absolute atomic E-state index is 12.3. The highest BCUT2D eigenvalue weighted by Crippen LogP contribution is 2.26. The fraction of sp³-hybridized carbons (Fsp3) is 0.500. The van der Waals surface area contributed by atoms with Crippen molar-refractivity contribution in [2.75, 3.05) is 13.2 Å². The molecule has 0 spiro atoms. The molecule has 1 amide bonds. The van der Waals surface area contributed by atoms with Gasteiger partial charge in [0.15, 0.2) is 0 Å². The summed E-state index contributed by atoms with van der Waals surface area (Å²) in [5, 5.41) is 7.00. The summed E-state index contributed by atoms with van der Waals surface area (Å²) in [5.41, 5.74) is 0.877. The molecule has 0 bridgehead atoms. The zero-order chi connectivity index (χ0) is 14.7. The van der Waals surface area contributed by atoms with Gasteiger partial charge in [-0.2, -0.15) is 0 Å². The molecular formula is C16H20N2O3. The second-order valence-electron chi connectivity index (χ2n) is 5.75. The maximum atomic E-state index is 12.3. The van der Waals surface area contributed by atoms with Crippen molar-refractivity contribution in [3.8, 4) is 0 Å². The fourth-order valence-corrected chi connectivity index (χ4v) is 2.65. The fourth-order valence-electron chi connectivity index (χ4n) is 2.65. The molecule has 0 radical (unpaired) electrons. The maximum Gasteiger partial charge on any atom is 0.267 e. The van der Waals surface area contributed by atoms with Gasteiger partial charge in [-0.15, -0.1) is 0 Å². The third-order valence-electron chi connectivity index (χ3n) is 3.96. The molecule has 2 aliphatic heterocycles. The van der Waals surface area contributed by atoms with Crippen molar-refractivity contribution in [2.45, 2.75) is 37.9 Å². The number of hydrogen-bond acceptors (Lipinski definition) is 4. The Hall–Kier alpha value is -1.88. The van der Waals surface area contributed by atoms with Crippen LogP contribution in [0.15, 0.2) is 35.5 Å². The number of ether oxygens (including phenoxy) is 1. The topological polar surface area (TPSA) is 59.9 Å². The van der Waals surface area contributed by atoms with Crippen LogP contribution in [0.4, 0.5) is 0 Å². The number of oxime groups is 1. The van der Waals surface area contributed by atoms with Crippen molar-refractivity contribution in [1.82, 2.24) is 5.32 Å². The Balaban J connectivity index is 1.57. The molecule has 1 aromatic carbocycles. The highest BCUT2D eigenvalue weighted by atomic mass is 16.7. The third kappa shape index (κ3) is 3.08. The molecule has 21 heavy (non-hydrogen) atoms. The Morgan fingerprint density at radius 2 is 2.24 bits per heavy atom. The lowest BCUT2D eigenvalue weighted by Gasteiger charge is -2.21. The van der Waals surface area contributed by atoms with Crippen LogP contribution in [-0.4, -0.2) is 36.5 Å². The van der Waals surface area contributed by atoms with Crippen LogP contribution < -0.4 is 5.32 Å². The van der Waals surface area contributed by atoms with Gasteiger partial charge in [-0.25, -0.2) is 0 Å². The minimum absolute atomic E-state index is 0.132. The summed E-state index contributed by atoms with van der Waals surface area (Å²) < 4.78 is 5.51. The average Bonchev–Trinajstić information content (AvgIpc) is 3.16. The average molecular weight is 288 g/mol. The SMILES string of the molecule is C[C@@]1(C(=O)NC[C@H]2CCCO2)CC(c2ccccc2)=NO1. The number of hydrogen-bond donors (Lipinski definition) is 1. The molecule has 2 aliphatic rings. The molecule has 3 rings (SSSR count). The van der Waals surface area contributed by atoms with Crippen molar-refractivity contribution in [3.63, 3.8) is 0 Å². The summed E-state index contributed by atoms with van der Waals surface area (Å²) in [5.74, 6) is -0.132. The summed E-state index contributed by atoms with van der Waals surface area (Å²) in [6.07, 6.45) is 2.68. The van der Waals surface area contributed by atoms with Crippen LogP contribution >= 0.6 is 0 Å². The van der Waals surface area contributed by atoms with Gasteiger partial charge in [-0.3, -0.25) is 4.79 Å². The van der Waals surface area contributed by atoms with Crippen molar-refractivity contribution in [3.05, 3.63) is 35.9 Å². The monoisotopic (exact) mass is 288 g/mol. The molecule has 5 nitrogen and oxygen atoms in total. The summed E-state index contributed by atoms with van der Waals surface area (Å²) in [4.78, 5) is 17.8. The van der Waals surface area contributed by atoms with Crippen LogP contribution in [-0.2, 0) is 14.4 Å². The lowest BCUT2D eigenvalue weighted by molar-refractivity contribution is -0.142. The molecule has 0 aromatic heterocycles. The minimum Gasteiger partial charge on any atom is -0.379 e. The lowest BCUT2D eigenvalue weighted by atomic mass is 9.95. The van der Waals surface area contributed by atoms with Crippen LogP contribution in [0.25, 0.3) is 0 Å². The van der Waals surface area contributed by atoms with E-state index < -0.39 is 5.60 Å². The minimum atomic E-state index is -0.927. The molecule has 1 N–H and O–H groups in total. The second kappa shape index (κ2) is 5.85. The van der Waals surface area contributed by atoms with Crippen LogP contribution in [0, 0.1) is 0 Å². The Morgan fingerprint density at radius 1 is 1.43 bits per heavy atom. The number of nitrogens with one attached hydrogen (secondary N) is 1. The van der Waals surface area contributed by atoms with E-state index in [2.05, 4.69) is 10.5 Å². The molecule has 1 aromatic rings. The molecule has 112 valence electrons. The van der Waals surface area contributed by atoms with Gasteiger partial charge in [0.2, 0.25) is 5.60 Å². The number of rotatable bonds is 4. The number of carbonyl (C=O) groups excluding carboxylic acids is 1. The quantitative estimate of drug-likeness (QED) is 0.920. The molecule has 0 saturated carbocycles. The third-order valence-corrected chi connectivity index (χ3v) is 3.96. The van der Waals surface area contributed by atoms with E-state index in [1.54, 1.807) is 6.92 Å². The summed E-state index contributed by atoms with van der Waals surface area (Å²) in [6, 6.07) is 9.79. The van der Waals surface area contributed by atoms with Crippen LogP contribution in [0.1, 0.15) is 31.7 Å². The van der Waals surface area contributed by atoms with Crippen molar-refractivity contribution >= 4 is 11.6 Å². The van der Waals surface area contributed by atoms with E-state index in [0.717, 1.165) is 30.7 Å². The standard InChI is InChI=1S/C16H20N2O3/c1-16(15(19)17-11-13-8-5-9-20-13)10-14(18-21-16)12-6-3-2-4-7-12/h2-4,6-7,13H,5,8-11H2,1H3,(H,17,19)/t13-,16+/m1/s1. The van der Waals surface area contributed by atoms with Gasteiger partial charge in [0.1, 0.15) is 0 Å². The highest BCUT2D eigenvalue weighted by Gasteiger charge is 2.42. The number of benzene rings is 1. The first-order chi connectivity index (χ1) is 10.2. The molecule has 1 fully saturated rings. The summed E-state index contributed by atoms with van der Waals surface area (Å²) >= 11 is 0. The number of carbonyl (C=O) groups is 1. The van der Waals surface area contributed by atoms with Gasteiger partial charge in [0.25, 0.3) is 5.91 Å². The molecule has 2 atom stereocenters. The van der Waals surface area contributed by atoms with E-state index >= 15 is 0 Å². The van der Waals surface area contributed by atoms with E-state index in [0.29, 0.717) is 13.0 Å². The van der Waals surface area contributed by atoms with Gasteiger partial charge in [0, 0.05) is 19.6 Å². The van der Waals surface area contributed by atoms with Crippen LogP contribution in [0.2, 0.25) is 0 Å². The largest absolute Gasteiger partial charge is 0.379 e. The lowest BCUT2D eigenvalue weighted by Crippen LogP contribution is -2.46. The van der Waals surface area contributed by atoms with Gasteiger partial charge >= 0.3 is 0 Å². The van der Waals surface area contributed by atoms with Crippen molar-refractivity contribution in [2.24, 2.45) is 5.16 Å². The van der Waals surface area contributed by atoms with E-state index in [-0.39, 0.29) is 12.0 Å². The Labute approximate surface area is 124 Å². The van der Waals surface area contributed by atoms with Crippen LogP contribution in [0.3, 0.4) is 0 Å². The Kier molecular flexibility index (Phi) is 3.92. The summed E-state index contributed by atoms with van der Waals surface area (Å²) in [6.45, 7) is 3.10. The summed E-state index contributed by atoms with van der Waals surface area (Å²) in [7, 11) is 0. The molecular weight excluding hydrogens is 268 g/mol. The second-order valence-corrected chi connectivity index (χ2v) is 5.75. The Bertz CT molecular complexity index is 538. The van der Waals surface area contributed by atoms with E-state index in [1.807, 2.05) is 30.3 Å². The first kappa shape index (κ1) is 14.1. The predicted octanol–water partition coefficient (Wildman–Crippen LogP) is 1.86. The van der Waals surface area contributed by atoms with Crippen molar-refractivity contribution < 1.29 is 14.4 Å². The molecule has 0 aliphatic carbocycles. The van der Waals surface area contributed by atoms with E-state index in [9.17, 15) is 4.79 Å². The van der Waals surface area contributed by atoms with Gasteiger partial charge in [-0.1, -0.05) is 35.5 Å². The molecule has 5 heteroatoms. The Morgan fingerprint density at radius 3 is 2.95 bits per heavy atom. The number of amides is 1. The van der Waals surface area contributed by atoms with E-state index in [4.69, 9.17) is 9.57 Å². The van der Waals surface area contributed by atoms with Crippen LogP contribution in [0.5, 0.6) is 0 Å². The van der Waals surface area contributed by atoms with Gasteiger partial charge in [0.05, 0.1) is 11.8 Å². The first-order valence-electron chi connectivity index (χ1n) is 7.38. The smallest absolute Gasteiger partial charge is 0.267 e. The van der Waals surface area contributed by atoms with Gasteiger partial charge < -0.3 is 14.9 Å². The molecule has 2 heterocycles.